The zero-order valence-electron chi connectivity index (χ0n) is 12.7. The summed E-state index contributed by atoms with van der Waals surface area (Å²) in [7, 11) is 0. The average Bonchev–Trinajstić information content (AvgIpc) is 2.30. The first-order valence-electron chi connectivity index (χ1n) is 6.89. The highest BCUT2D eigenvalue weighted by Crippen LogP contribution is 2.24. The molecule has 0 aliphatic carbocycles. The van der Waals surface area contributed by atoms with Gasteiger partial charge in [0.15, 0.2) is 0 Å². The highest BCUT2D eigenvalue weighted by atomic mass is 16.5. The molecule has 18 heavy (non-hydrogen) atoms. The van der Waals surface area contributed by atoms with Crippen molar-refractivity contribution >= 4 is 0 Å². The van der Waals surface area contributed by atoms with Gasteiger partial charge in [-0.15, -0.1) is 0 Å². The highest BCUT2D eigenvalue weighted by Gasteiger charge is 2.14. The monoisotopic (exact) mass is 249 g/mol. The van der Waals surface area contributed by atoms with E-state index in [1.165, 1.54) is 5.56 Å². The molecule has 1 aromatic carbocycles. The van der Waals surface area contributed by atoms with Crippen molar-refractivity contribution in [3.63, 3.8) is 0 Å². The molecule has 0 aromatic heterocycles. The van der Waals surface area contributed by atoms with E-state index in [9.17, 15) is 0 Å². The molecule has 0 aliphatic rings. The van der Waals surface area contributed by atoms with Crippen LogP contribution in [0, 0.1) is 0 Å². The van der Waals surface area contributed by atoms with Crippen LogP contribution < -0.4 is 4.74 Å². The Morgan fingerprint density at radius 3 is 1.94 bits per heavy atom. The highest BCUT2D eigenvalue weighted by molar-refractivity contribution is 5.31. The van der Waals surface area contributed by atoms with E-state index >= 15 is 0 Å². The lowest BCUT2D eigenvalue weighted by atomic mass is 9.87. The van der Waals surface area contributed by atoms with Crippen LogP contribution in [0.3, 0.4) is 0 Å². The van der Waals surface area contributed by atoms with Gasteiger partial charge in [-0.05, 0) is 43.1 Å². The van der Waals surface area contributed by atoms with Crippen LogP contribution in [0.4, 0.5) is 0 Å². The van der Waals surface area contributed by atoms with Gasteiger partial charge in [-0.25, -0.2) is 0 Å². The lowest BCUT2D eigenvalue weighted by molar-refractivity contribution is 0.0480. The summed E-state index contributed by atoms with van der Waals surface area (Å²) in [5, 5.41) is 0. The fraction of sp³-hybridized carbons (Fsp3) is 0.625. The summed E-state index contributed by atoms with van der Waals surface area (Å²) >= 11 is 0. The van der Waals surface area contributed by atoms with E-state index in [0.29, 0.717) is 0 Å². The Bertz CT molecular complexity index is 346. The first-order chi connectivity index (χ1) is 8.38. The molecule has 0 amide bonds. The third kappa shape index (κ3) is 4.02. The van der Waals surface area contributed by atoms with Gasteiger partial charge in [0.1, 0.15) is 12.0 Å². The van der Waals surface area contributed by atoms with Gasteiger partial charge in [0.05, 0.1) is 0 Å². The van der Waals surface area contributed by atoms with Crippen LogP contribution >= 0.6 is 0 Å². The number of hydrogen-bond acceptors (Lipinski definition) is 2. The minimum absolute atomic E-state index is 0.125. The molecule has 0 saturated heterocycles. The zero-order chi connectivity index (χ0) is 13.8. The summed E-state index contributed by atoms with van der Waals surface area (Å²) in [4.78, 5) is 2.29. The van der Waals surface area contributed by atoms with E-state index in [0.717, 1.165) is 18.8 Å². The van der Waals surface area contributed by atoms with E-state index < -0.39 is 0 Å². The van der Waals surface area contributed by atoms with E-state index in [1.807, 2.05) is 0 Å². The normalized spacial score (nSPS) is 13.7. The standard InChI is InChI=1S/C16H27NO/c1-7-17(8-2)13(3)18-15-11-9-14(10-12-15)16(4,5)6/h9-13H,7-8H2,1-6H3. The number of nitrogens with zero attached hydrogens (tertiary/aromatic N) is 1. The van der Waals surface area contributed by atoms with E-state index in [-0.39, 0.29) is 11.6 Å². The molecule has 102 valence electrons. The second kappa shape index (κ2) is 6.24. The van der Waals surface area contributed by atoms with Gasteiger partial charge in [0, 0.05) is 0 Å². The Balaban J connectivity index is 2.69. The van der Waals surface area contributed by atoms with Gasteiger partial charge in [-0.3, -0.25) is 4.90 Å². The molecule has 0 N–H and O–H groups in total. The smallest absolute Gasteiger partial charge is 0.149 e. The predicted octanol–water partition coefficient (Wildman–Crippen LogP) is 4.05. The minimum Gasteiger partial charge on any atom is -0.475 e. The molecule has 0 aliphatic heterocycles. The third-order valence-electron chi connectivity index (χ3n) is 3.35. The quantitative estimate of drug-likeness (QED) is 0.730. The number of rotatable bonds is 5. The SMILES string of the molecule is CCN(CC)C(C)Oc1ccc(C(C)(C)C)cc1. The number of benzene rings is 1. The summed E-state index contributed by atoms with van der Waals surface area (Å²) < 4.78 is 5.95. The Morgan fingerprint density at radius 2 is 1.56 bits per heavy atom. The lowest BCUT2D eigenvalue weighted by Crippen LogP contribution is -2.36. The molecule has 0 bridgehead atoms. The van der Waals surface area contributed by atoms with Crippen molar-refractivity contribution in [1.82, 2.24) is 4.90 Å². The number of ether oxygens (including phenoxy) is 1. The lowest BCUT2D eigenvalue weighted by Gasteiger charge is -2.27. The maximum Gasteiger partial charge on any atom is 0.149 e. The second-order valence-electron chi connectivity index (χ2n) is 5.71. The van der Waals surface area contributed by atoms with Crippen molar-refractivity contribution < 1.29 is 4.74 Å². The summed E-state index contributed by atoms with van der Waals surface area (Å²) in [6.07, 6.45) is 0.125. The molecule has 1 atom stereocenters. The third-order valence-corrected chi connectivity index (χ3v) is 3.35. The van der Waals surface area contributed by atoms with Crippen LogP contribution in [-0.2, 0) is 5.41 Å². The topological polar surface area (TPSA) is 12.5 Å². The Kier molecular flexibility index (Phi) is 5.21. The van der Waals surface area contributed by atoms with Crippen LogP contribution in [0.25, 0.3) is 0 Å². The largest absolute Gasteiger partial charge is 0.475 e. The molecule has 1 unspecified atom stereocenters. The Morgan fingerprint density at radius 1 is 1.06 bits per heavy atom. The van der Waals surface area contributed by atoms with Crippen LogP contribution in [0.15, 0.2) is 24.3 Å². The second-order valence-corrected chi connectivity index (χ2v) is 5.71. The first kappa shape index (κ1) is 15.0. The average molecular weight is 249 g/mol. The molecular weight excluding hydrogens is 222 g/mol. The van der Waals surface area contributed by atoms with Crippen molar-refractivity contribution in [2.75, 3.05) is 13.1 Å². The first-order valence-corrected chi connectivity index (χ1v) is 6.89. The van der Waals surface area contributed by atoms with Gasteiger partial charge in [-0.2, -0.15) is 0 Å². The maximum atomic E-state index is 5.95. The van der Waals surface area contributed by atoms with Crippen molar-refractivity contribution in [2.24, 2.45) is 0 Å². The Labute approximate surface area is 112 Å². The van der Waals surface area contributed by atoms with Crippen LogP contribution in [0.2, 0.25) is 0 Å². The Hall–Kier alpha value is -1.02. The van der Waals surface area contributed by atoms with Crippen molar-refractivity contribution in [1.29, 1.82) is 0 Å². The molecule has 0 heterocycles. The summed E-state index contributed by atoms with van der Waals surface area (Å²) in [6.45, 7) is 15.1. The van der Waals surface area contributed by atoms with Crippen LogP contribution in [-0.4, -0.2) is 24.2 Å². The molecule has 0 spiro atoms. The van der Waals surface area contributed by atoms with E-state index in [2.05, 4.69) is 70.7 Å². The molecule has 0 fully saturated rings. The summed E-state index contributed by atoms with van der Waals surface area (Å²) in [5.41, 5.74) is 1.54. The van der Waals surface area contributed by atoms with Crippen molar-refractivity contribution in [2.45, 2.75) is 53.2 Å². The van der Waals surface area contributed by atoms with Gasteiger partial charge in [-0.1, -0.05) is 46.8 Å². The maximum absolute atomic E-state index is 5.95. The van der Waals surface area contributed by atoms with Gasteiger partial charge >= 0.3 is 0 Å². The van der Waals surface area contributed by atoms with Crippen LogP contribution in [0.1, 0.15) is 47.1 Å². The molecule has 0 radical (unpaired) electrons. The van der Waals surface area contributed by atoms with E-state index in [1.54, 1.807) is 0 Å². The summed E-state index contributed by atoms with van der Waals surface area (Å²) in [6, 6.07) is 8.45. The molecule has 2 heteroatoms. The molecule has 0 saturated carbocycles. The minimum atomic E-state index is 0.125. The number of hydrogen-bond donors (Lipinski definition) is 0. The van der Waals surface area contributed by atoms with E-state index in [4.69, 9.17) is 4.74 Å². The molecule has 2 nitrogen and oxygen atoms in total. The molecule has 1 aromatic rings. The van der Waals surface area contributed by atoms with Gasteiger partial charge in [0.25, 0.3) is 0 Å². The van der Waals surface area contributed by atoms with Crippen LogP contribution in [0.5, 0.6) is 5.75 Å². The van der Waals surface area contributed by atoms with Gasteiger partial charge in [0.2, 0.25) is 0 Å². The fourth-order valence-corrected chi connectivity index (χ4v) is 2.04. The van der Waals surface area contributed by atoms with Crippen molar-refractivity contribution in [3.05, 3.63) is 29.8 Å². The fourth-order valence-electron chi connectivity index (χ4n) is 2.04. The predicted molar refractivity (Wildman–Crippen MR) is 78.2 cm³/mol. The molecular formula is C16H27NO. The summed E-state index contributed by atoms with van der Waals surface area (Å²) in [5.74, 6) is 0.947. The van der Waals surface area contributed by atoms with Gasteiger partial charge < -0.3 is 4.74 Å². The van der Waals surface area contributed by atoms with Crippen molar-refractivity contribution in [3.8, 4) is 5.75 Å². The zero-order valence-corrected chi connectivity index (χ0v) is 12.7. The molecule has 1 rings (SSSR count).